The van der Waals surface area contributed by atoms with Crippen molar-refractivity contribution in [1.29, 1.82) is 0 Å². The van der Waals surface area contributed by atoms with Crippen LogP contribution in [0.15, 0.2) is 53.4 Å². The molecule has 1 saturated heterocycles. The summed E-state index contributed by atoms with van der Waals surface area (Å²) in [5, 5.41) is 0. The summed E-state index contributed by atoms with van der Waals surface area (Å²) in [6.07, 6.45) is 1.16. The molecule has 2 N–H and O–H groups in total. The zero-order chi connectivity index (χ0) is 19.4. The van der Waals surface area contributed by atoms with Crippen LogP contribution < -0.4 is 5.73 Å². The molecule has 2 aromatic rings. The lowest BCUT2D eigenvalue weighted by Gasteiger charge is -2.31. The van der Waals surface area contributed by atoms with Crippen molar-refractivity contribution in [3.8, 4) is 0 Å². The zero-order valence-electron chi connectivity index (χ0n) is 15.4. The first-order valence-electron chi connectivity index (χ1n) is 9.00. The van der Waals surface area contributed by atoms with Crippen molar-refractivity contribution < 1.29 is 13.2 Å². The van der Waals surface area contributed by atoms with Gasteiger partial charge in [0.15, 0.2) is 0 Å². The second-order valence-electron chi connectivity index (χ2n) is 6.86. The minimum Gasteiger partial charge on any atom is -0.398 e. The van der Waals surface area contributed by atoms with Gasteiger partial charge in [-0.25, -0.2) is 8.42 Å². The predicted octanol–water partition coefficient (Wildman–Crippen LogP) is 1.93. The molecule has 1 fully saturated rings. The Bertz CT molecular complexity index is 889. The van der Waals surface area contributed by atoms with Crippen LogP contribution in [0, 0.1) is 0 Å². The molecular formula is C20H25N3O3S. The summed E-state index contributed by atoms with van der Waals surface area (Å²) in [4.78, 5) is 13.6. The van der Waals surface area contributed by atoms with E-state index in [1.165, 1.54) is 4.31 Å². The van der Waals surface area contributed by atoms with Gasteiger partial charge in [-0.3, -0.25) is 0 Å². The molecule has 0 radical (unpaired) electrons. The highest BCUT2D eigenvalue weighted by Gasteiger charge is 2.27. The summed E-state index contributed by atoms with van der Waals surface area (Å²) in [6, 6.07) is 14.3. The van der Waals surface area contributed by atoms with Crippen LogP contribution in [0.4, 0.5) is 5.69 Å². The molecule has 144 valence electrons. The Balaban J connectivity index is 1.87. The number of hydrogen-bond donors (Lipinski definition) is 1. The van der Waals surface area contributed by atoms with Crippen molar-refractivity contribution in [1.82, 2.24) is 9.21 Å². The van der Waals surface area contributed by atoms with Gasteiger partial charge in [-0.2, -0.15) is 4.31 Å². The van der Waals surface area contributed by atoms with Gasteiger partial charge in [0, 0.05) is 44.2 Å². The van der Waals surface area contributed by atoms with Gasteiger partial charge in [0.05, 0.1) is 4.90 Å². The third-order valence-electron chi connectivity index (χ3n) is 5.09. The van der Waals surface area contributed by atoms with Gasteiger partial charge < -0.3 is 15.4 Å². The van der Waals surface area contributed by atoms with Crippen molar-refractivity contribution in [2.75, 3.05) is 39.0 Å². The number of anilines is 1. The first-order valence-corrected chi connectivity index (χ1v) is 10.4. The molecule has 1 unspecified atom stereocenters. The first kappa shape index (κ1) is 19.5. The molecule has 3 rings (SSSR count). The quantitative estimate of drug-likeness (QED) is 0.605. The highest BCUT2D eigenvalue weighted by atomic mass is 32.2. The van der Waals surface area contributed by atoms with Gasteiger partial charge in [-0.1, -0.05) is 30.3 Å². The molecule has 1 aliphatic rings. The van der Waals surface area contributed by atoms with Crippen molar-refractivity contribution in [2.24, 2.45) is 0 Å². The highest BCUT2D eigenvalue weighted by molar-refractivity contribution is 7.89. The summed E-state index contributed by atoms with van der Waals surface area (Å²) in [5.41, 5.74) is 8.44. The Morgan fingerprint density at radius 1 is 1.04 bits per heavy atom. The number of likely N-dealkylation sites (N-methyl/N-ethyl adjacent to an activating group) is 1. The number of rotatable bonds is 6. The standard InChI is InChI=1S/C20H25N3O3S/c1-22-11-13-23(14-12-22)27(25,26)17-8-6-16(7-9-17)18(10-15-24)19-4-2-3-5-20(19)21/h2-9,15,18H,10-14,21H2,1H3. The zero-order valence-corrected chi connectivity index (χ0v) is 16.2. The Morgan fingerprint density at radius 3 is 2.26 bits per heavy atom. The number of carbonyl (C=O) groups is 1. The van der Waals surface area contributed by atoms with Crippen LogP contribution in [0.3, 0.4) is 0 Å². The second-order valence-corrected chi connectivity index (χ2v) is 8.80. The lowest BCUT2D eigenvalue weighted by atomic mass is 9.88. The van der Waals surface area contributed by atoms with Gasteiger partial charge in [0.2, 0.25) is 10.0 Å². The molecule has 27 heavy (non-hydrogen) atoms. The van der Waals surface area contributed by atoms with Gasteiger partial charge in [0.1, 0.15) is 6.29 Å². The van der Waals surface area contributed by atoms with E-state index in [0.29, 0.717) is 25.2 Å². The number of benzene rings is 2. The number of sulfonamides is 1. The Labute approximate surface area is 160 Å². The van der Waals surface area contributed by atoms with Gasteiger partial charge in [-0.05, 0) is 36.4 Å². The topological polar surface area (TPSA) is 83.7 Å². The molecule has 0 aromatic heterocycles. The van der Waals surface area contributed by atoms with Crippen LogP contribution in [-0.4, -0.2) is 57.1 Å². The van der Waals surface area contributed by atoms with E-state index < -0.39 is 10.0 Å². The molecule has 1 heterocycles. The van der Waals surface area contributed by atoms with Crippen molar-refractivity contribution in [2.45, 2.75) is 17.2 Å². The second kappa shape index (κ2) is 8.21. The fraction of sp³-hybridized carbons (Fsp3) is 0.350. The van der Waals surface area contributed by atoms with E-state index >= 15 is 0 Å². The number of nitrogens with two attached hydrogens (primary N) is 1. The molecule has 1 aliphatic heterocycles. The van der Waals surface area contributed by atoms with Crippen molar-refractivity contribution in [3.63, 3.8) is 0 Å². The lowest BCUT2D eigenvalue weighted by molar-refractivity contribution is -0.108. The number of carbonyl (C=O) groups excluding carboxylic acids is 1. The maximum Gasteiger partial charge on any atom is 0.243 e. The number of hydrogen-bond acceptors (Lipinski definition) is 5. The molecule has 0 bridgehead atoms. The largest absolute Gasteiger partial charge is 0.398 e. The van der Waals surface area contributed by atoms with Crippen LogP contribution in [0.1, 0.15) is 23.5 Å². The summed E-state index contributed by atoms with van der Waals surface area (Å²) >= 11 is 0. The van der Waals surface area contributed by atoms with Crippen molar-refractivity contribution >= 4 is 22.0 Å². The third kappa shape index (κ3) is 4.21. The first-order chi connectivity index (χ1) is 12.9. The van der Waals surface area contributed by atoms with E-state index in [-0.39, 0.29) is 10.8 Å². The Hall–Kier alpha value is -2.22. The fourth-order valence-electron chi connectivity index (χ4n) is 3.42. The van der Waals surface area contributed by atoms with E-state index in [2.05, 4.69) is 4.90 Å². The number of aldehydes is 1. The maximum absolute atomic E-state index is 12.9. The number of nitrogen functional groups attached to an aromatic ring is 1. The molecule has 0 saturated carbocycles. The SMILES string of the molecule is CN1CCN(S(=O)(=O)c2ccc(C(CC=O)c3ccccc3N)cc2)CC1. The van der Waals surface area contributed by atoms with E-state index in [0.717, 1.165) is 30.5 Å². The van der Waals surface area contributed by atoms with Gasteiger partial charge >= 0.3 is 0 Å². The number of nitrogens with zero attached hydrogens (tertiary/aromatic N) is 2. The average Bonchev–Trinajstić information content (AvgIpc) is 2.67. The maximum atomic E-state index is 12.9. The Kier molecular flexibility index (Phi) is 5.94. The van der Waals surface area contributed by atoms with Crippen molar-refractivity contribution in [3.05, 3.63) is 59.7 Å². The predicted molar refractivity (Wildman–Crippen MR) is 106 cm³/mol. The number of para-hydroxylation sites is 1. The third-order valence-corrected chi connectivity index (χ3v) is 7.00. The van der Waals surface area contributed by atoms with Crippen LogP contribution in [0.5, 0.6) is 0 Å². The van der Waals surface area contributed by atoms with Crippen LogP contribution in [0.2, 0.25) is 0 Å². The summed E-state index contributed by atoms with van der Waals surface area (Å²) in [7, 11) is -1.51. The average molecular weight is 388 g/mol. The van der Waals surface area contributed by atoms with Crippen LogP contribution >= 0.6 is 0 Å². The van der Waals surface area contributed by atoms with E-state index in [1.807, 2.05) is 25.2 Å². The minimum absolute atomic E-state index is 0.191. The lowest BCUT2D eigenvalue weighted by Crippen LogP contribution is -2.46. The monoisotopic (exact) mass is 387 g/mol. The molecule has 6 nitrogen and oxygen atoms in total. The van der Waals surface area contributed by atoms with Gasteiger partial charge in [0.25, 0.3) is 0 Å². The smallest absolute Gasteiger partial charge is 0.243 e. The molecule has 2 aromatic carbocycles. The molecule has 0 amide bonds. The van der Waals surface area contributed by atoms with Crippen LogP contribution in [0.25, 0.3) is 0 Å². The highest BCUT2D eigenvalue weighted by Crippen LogP contribution is 2.32. The molecule has 0 spiro atoms. The molecule has 7 heteroatoms. The molecule has 0 aliphatic carbocycles. The summed E-state index contributed by atoms with van der Waals surface area (Å²) in [5.74, 6) is -0.191. The molecule has 1 atom stereocenters. The van der Waals surface area contributed by atoms with Gasteiger partial charge in [-0.15, -0.1) is 0 Å². The Morgan fingerprint density at radius 2 is 1.67 bits per heavy atom. The van der Waals surface area contributed by atoms with E-state index in [9.17, 15) is 13.2 Å². The minimum atomic E-state index is -3.50. The summed E-state index contributed by atoms with van der Waals surface area (Å²) in [6.45, 7) is 2.45. The summed E-state index contributed by atoms with van der Waals surface area (Å²) < 4.78 is 27.2. The number of piperazine rings is 1. The molecular weight excluding hydrogens is 362 g/mol. The van der Waals surface area contributed by atoms with Crippen LogP contribution in [-0.2, 0) is 14.8 Å². The fourth-order valence-corrected chi connectivity index (χ4v) is 4.84. The van der Waals surface area contributed by atoms with E-state index in [4.69, 9.17) is 5.73 Å². The van der Waals surface area contributed by atoms with E-state index in [1.54, 1.807) is 30.3 Å². The normalized spacial score (nSPS) is 17.5.